The summed E-state index contributed by atoms with van der Waals surface area (Å²) in [6.07, 6.45) is 1.90. The number of hydrogen-bond donors (Lipinski definition) is 1. The maximum Gasteiger partial charge on any atom is 0.193 e. The Morgan fingerprint density at radius 2 is 1.96 bits per heavy atom. The number of halogens is 1. The van der Waals surface area contributed by atoms with E-state index in [0.29, 0.717) is 0 Å². The van der Waals surface area contributed by atoms with Crippen LogP contribution in [0.2, 0.25) is 0 Å². The highest BCUT2D eigenvalue weighted by Gasteiger charge is 2.15. The quantitative estimate of drug-likeness (QED) is 0.567. The molecule has 6 nitrogen and oxygen atoms in total. The van der Waals surface area contributed by atoms with Crippen molar-refractivity contribution >= 4 is 27.7 Å². The van der Waals surface area contributed by atoms with E-state index in [1.165, 1.54) is 11.1 Å². The summed E-state index contributed by atoms with van der Waals surface area (Å²) < 4.78 is 1.11. The molecule has 1 aliphatic rings. The molecule has 0 atom stereocenters. The van der Waals surface area contributed by atoms with E-state index in [0.717, 1.165) is 55.5 Å². The first-order valence-corrected chi connectivity index (χ1v) is 10.4. The molecule has 7 heteroatoms. The van der Waals surface area contributed by atoms with E-state index in [-0.39, 0.29) is 0 Å². The first-order chi connectivity index (χ1) is 13.6. The maximum atomic E-state index is 4.57. The molecule has 2 aromatic rings. The van der Waals surface area contributed by atoms with E-state index in [2.05, 4.69) is 90.4 Å². The van der Waals surface area contributed by atoms with Gasteiger partial charge >= 0.3 is 0 Å². The second-order valence-corrected chi connectivity index (χ2v) is 8.02. The van der Waals surface area contributed by atoms with Crippen LogP contribution in [0.25, 0.3) is 0 Å². The minimum absolute atomic E-state index is 0.718. The number of benzene rings is 1. The lowest BCUT2D eigenvalue weighted by Crippen LogP contribution is -2.44. The van der Waals surface area contributed by atoms with Crippen LogP contribution >= 0.6 is 15.9 Å². The summed E-state index contributed by atoms with van der Waals surface area (Å²) in [4.78, 5) is 15.8. The van der Waals surface area contributed by atoms with Crippen LogP contribution in [0.15, 0.2) is 52.1 Å². The van der Waals surface area contributed by atoms with E-state index in [1.807, 2.05) is 19.3 Å². The van der Waals surface area contributed by atoms with Crippen molar-refractivity contribution in [3.8, 4) is 0 Å². The molecule has 2 heterocycles. The number of piperazine rings is 1. The van der Waals surface area contributed by atoms with Gasteiger partial charge in [0, 0.05) is 64.0 Å². The molecule has 1 N–H and O–H groups in total. The Hall–Kier alpha value is -2.12. The van der Waals surface area contributed by atoms with Gasteiger partial charge in [-0.2, -0.15) is 0 Å². The smallest absolute Gasteiger partial charge is 0.193 e. The van der Waals surface area contributed by atoms with Gasteiger partial charge in [-0.05, 0) is 36.4 Å². The van der Waals surface area contributed by atoms with Crippen LogP contribution in [0.5, 0.6) is 0 Å². The number of aromatic nitrogens is 1. The van der Waals surface area contributed by atoms with Gasteiger partial charge < -0.3 is 20.0 Å². The standard InChI is InChI=1S/C21H29BrN6/c1-23-21(27(3)16-18-6-4-5-7-19(18)22)25-15-17-8-9-24-20(14-17)28-12-10-26(2)11-13-28/h4-9,14H,10-13,15-16H2,1-3H3,(H,23,25). The van der Waals surface area contributed by atoms with Gasteiger partial charge in [0.2, 0.25) is 0 Å². The summed E-state index contributed by atoms with van der Waals surface area (Å²) in [7, 11) is 6.04. The number of guanidine groups is 1. The zero-order valence-corrected chi connectivity index (χ0v) is 18.5. The number of rotatable bonds is 5. The largest absolute Gasteiger partial charge is 0.354 e. The Kier molecular flexibility index (Phi) is 7.28. The van der Waals surface area contributed by atoms with Gasteiger partial charge in [-0.15, -0.1) is 0 Å². The van der Waals surface area contributed by atoms with E-state index in [4.69, 9.17) is 0 Å². The molecular weight excluding hydrogens is 416 g/mol. The molecule has 28 heavy (non-hydrogen) atoms. The molecule has 150 valence electrons. The fourth-order valence-electron chi connectivity index (χ4n) is 3.30. The summed E-state index contributed by atoms with van der Waals surface area (Å²) in [6.45, 7) is 5.71. The monoisotopic (exact) mass is 444 g/mol. The minimum Gasteiger partial charge on any atom is -0.354 e. The first kappa shape index (κ1) is 20.6. The third kappa shape index (κ3) is 5.45. The van der Waals surface area contributed by atoms with Crippen LogP contribution in [-0.4, -0.2) is 68.1 Å². The van der Waals surface area contributed by atoms with Gasteiger partial charge in [-0.25, -0.2) is 4.98 Å². The Balaban J connectivity index is 1.59. The summed E-state index contributed by atoms with van der Waals surface area (Å²) >= 11 is 3.62. The molecule has 0 radical (unpaired) electrons. The van der Waals surface area contributed by atoms with Gasteiger partial charge in [0.15, 0.2) is 5.96 Å². The summed E-state index contributed by atoms with van der Waals surface area (Å²) in [6, 6.07) is 12.5. The molecule has 3 rings (SSSR count). The molecule has 0 amide bonds. The lowest BCUT2D eigenvalue weighted by Gasteiger charge is -2.33. The number of pyridine rings is 1. The molecule has 0 bridgehead atoms. The molecule has 0 saturated carbocycles. The van der Waals surface area contributed by atoms with E-state index >= 15 is 0 Å². The minimum atomic E-state index is 0.718. The predicted molar refractivity (Wildman–Crippen MR) is 120 cm³/mol. The normalized spacial score (nSPS) is 15.6. The van der Waals surface area contributed by atoms with Crippen LogP contribution in [0.1, 0.15) is 11.1 Å². The van der Waals surface area contributed by atoms with Crippen LogP contribution in [0, 0.1) is 0 Å². The van der Waals surface area contributed by atoms with Crippen LogP contribution in [0.4, 0.5) is 5.82 Å². The summed E-state index contributed by atoms with van der Waals surface area (Å²) in [5.74, 6) is 1.93. The zero-order chi connectivity index (χ0) is 19.9. The van der Waals surface area contributed by atoms with Gasteiger partial charge in [-0.1, -0.05) is 34.1 Å². The molecule has 1 aliphatic heterocycles. The third-order valence-electron chi connectivity index (χ3n) is 5.03. The molecular formula is C21H29BrN6. The maximum absolute atomic E-state index is 4.57. The average Bonchev–Trinajstić information content (AvgIpc) is 2.71. The highest BCUT2D eigenvalue weighted by atomic mass is 79.9. The highest BCUT2D eigenvalue weighted by Crippen LogP contribution is 2.18. The lowest BCUT2D eigenvalue weighted by atomic mass is 10.2. The number of aliphatic imine (C=N–C) groups is 1. The molecule has 0 spiro atoms. The van der Waals surface area contributed by atoms with Gasteiger partial charge in [0.25, 0.3) is 0 Å². The van der Waals surface area contributed by atoms with E-state index < -0.39 is 0 Å². The van der Waals surface area contributed by atoms with Crippen molar-refractivity contribution < 1.29 is 0 Å². The molecule has 0 aliphatic carbocycles. The number of hydrogen-bond acceptors (Lipinski definition) is 4. The molecule has 1 saturated heterocycles. The van der Waals surface area contributed by atoms with Crippen molar-refractivity contribution in [1.29, 1.82) is 0 Å². The van der Waals surface area contributed by atoms with Crippen LogP contribution in [0.3, 0.4) is 0 Å². The van der Waals surface area contributed by atoms with E-state index in [1.54, 1.807) is 0 Å². The van der Waals surface area contributed by atoms with Crippen molar-refractivity contribution in [2.75, 3.05) is 52.2 Å². The van der Waals surface area contributed by atoms with Gasteiger partial charge in [-0.3, -0.25) is 4.99 Å². The topological polar surface area (TPSA) is 47.0 Å². The lowest BCUT2D eigenvalue weighted by molar-refractivity contribution is 0.312. The average molecular weight is 445 g/mol. The molecule has 1 fully saturated rings. The number of nitrogens with one attached hydrogen (secondary N) is 1. The van der Waals surface area contributed by atoms with Gasteiger partial charge in [0.1, 0.15) is 5.82 Å². The van der Waals surface area contributed by atoms with Crippen LogP contribution < -0.4 is 10.2 Å². The number of likely N-dealkylation sites (N-methyl/N-ethyl adjacent to an activating group) is 1. The fourth-order valence-corrected chi connectivity index (χ4v) is 3.71. The van der Waals surface area contributed by atoms with Crippen LogP contribution in [-0.2, 0) is 13.1 Å². The molecule has 0 unspecified atom stereocenters. The molecule has 1 aromatic carbocycles. The fraction of sp³-hybridized carbons (Fsp3) is 0.429. The van der Waals surface area contributed by atoms with Gasteiger partial charge in [0.05, 0.1) is 0 Å². The van der Waals surface area contributed by atoms with Crippen molar-refractivity contribution in [1.82, 2.24) is 20.1 Å². The van der Waals surface area contributed by atoms with Crippen molar-refractivity contribution in [2.24, 2.45) is 4.99 Å². The van der Waals surface area contributed by atoms with Crippen molar-refractivity contribution in [3.05, 3.63) is 58.2 Å². The zero-order valence-electron chi connectivity index (χ0n) is 16.9. The summed E-state index contributed by atoms with van der Waals surface area (Å²) in [5, 5.41) is 3.47. The van der Waals surface area contributed by atoms with E-state index in [9.17, 15) is 0 Å². The Morgan fingerprint density at radius 3 is 2.68 bits per heavy atom. The predicted octanol–water partition coefficient (Wildman–Crippen LogP) is 2.80. The number of nitrogens with zero attached hydrogens (tertiary/aromatic N) is 5. The third-order valence-corrected chi connectivity index (χ3v) is 5.80. The Bertz CT molecular complexity index is 801. The Morgan fingerprint density at radius 1 is 1.21 bits per heavy atom. The second-order valence-electron chi connectivity index (χ2n) is 7.16. The van der Waals surface area contributed by atoms with Crippen molar-refractivity contribution in [2.45, 2.75) is 13.1 Å². The first-order valence-electron chi connectivity index (χ1n) is 9.60. The highest BCUT2D eigenvalue weighted by molar-refractivity contribution is 9.10. The SMILES string of the molecule is CN=C(NCc1ccnc(N2CCN(C)CC2)c1)N(C)Cc1ccccc1Br. The Labute approximate surface area is 176 Å². The summed E-state index contributed by atoms with van der Waals surface area (Å²) in [5.41, 5.74) is 2.44. The number of anilines is 1. The molecule has 1 aromatic heterocycles. The second kappa shape index (κ2) is 9.89. The van der Waals surface area contributed by atoms with Crippen molar-refractivity contribution in [3.63, 3.8) is 0 Å².